The van der Waals surface area contributed by atoms with E-state index in [0.717, 1.165) is 0 Å². The minimum absolute atomic E-state index is 0.109. The summed E-state index contributed by atoms with van der Waals surface area (Å²) in [5, 5.41) is 22.8. The third-order valence-electron chi connectivity index (χ3n) is 8.31. The zero-order chi connectivity index (χ0) is 28.3. The van der Waals surface area contributed by atoms with Gasteiger partial charge in [-0.15, -0.1) is 0 Å². The molecular formula is C30H28Cl2N2O7. The molecule has 0 aliphatic carbocycles. The number of morpholine rings is 2. The Morgan fingerprint density at radius 3 is 1.76 bits per heavy atom. The van der Waals surface area contributed by atoms with E-state index in [0.29, 0.717) is 111 Å². The first-order chi connectivity index (χ1) is 19.9. The van der Waals surface area contributed by atoms with E-state index >= 15 is 0 Å². The van der Waals surface area contributed by atoms with Gasteiger partial charge in [-0.05, 0) is 18.2 Å². The molecule has 2 saturated heterocycles. The van der Waals surface area contributed by atoms with Crippen LogP contribution in [-0.2, 0) is 32.9 Å². The average molecular weight is 599 g/mol. The van der Waals surface area contributed by atoms with E-state index in [1.54, 1.807) is 24.3 Å². The average Bonchev–Trinajstić information content (AvgIpc) is 3.29. The summed E-state index contributed by atoms with van der Waals surface area (Å²) in [5.41, 5.74) is 1.43. The van der Waals surface area contributed by atoms with Crippen molar-refractivity contribution in [3.63, 3.8) is 0 Å². The van der Waals surface area contributed by atoms with Crippen LogP contribution in [0.25, 0.3) is 0 Å². The number of halogens is 2. The Bertz CT molecular complexity index is 1470. The lowest BCUT2D eigenvalue weighted by molar-refractivity contribution is 0.0211. The summed E-state index contributed by atoms with van der Waals surface area (Å²) in [6.07, 6.45) is 0. The standard InChI is InChI=1S/C30H28Cl2N2O7/c31-23-13-21-27(18(25(23)35)15-33-5-9-38-10-6-33)40-28-19(16-34-7-11-39-12-8-34)26(36)24(32)14-22(28)30(21)20-4-2-1-3-17(20)29(37)41-30/h1-4,13-14,35-36H,5-12,15-16H2. The summed E-state index contributed by atoms with van der Waals surface area (Å²) in [6.45, 7) is 5.59. The number of benzene rings is 3. The normalized spacial score (nSPS) is 19.8. The molecule has 3 aromatic rings. The van der Waals surface area contributed by atoms with Gasteiger partial charge >= 0.3 is 5.97 Å². The van der Waals surface area contributed by atoms with E-state index in [4.69, 9.17) is 42.1 Å². The molecule has 2 fully saturated rings. The van der Waals surface area contributed by atoms with Crippen molar-refractivity contribution in [3.05, 3.63) is 79.8 Å². The third kappa shape index (κ3) is 4.26. The lowest BCUT2D eigenvalue weighted by Crippen LogP contribution is -2.38. The maximum atomic E-state index is 13.4. The van der Waals surface area contributed by atoms with Crippen molar-refractivity contribution in [1.29, 1.82) is 0 Å². The van der Waals surface area contributed by atoms with Gasteiger partial charge < -0.3 is 29.2 Å². The fraction of sp³-hybridized carbons (Fsp3) is 0.367. The Kier molecular flexibility index (Phi) is 6.77. The van der Waals surface area contributed by atoms with Gasteiger partial charge in [-0.2, -0.15) is 0 Å². The molecule has 0 unspecified atom stereocenters. The number of hydrogen-bond acceptors (Lipinski definition) is 9. The zero-order valence-corrected chi connectivity index (χ0v) is 23.6. The van der Waals surface area contributed by atoms with Gasteiger partial charge in [0, 0.05) is 56.0 Å². The number of aromatic hydroxyl groups is 2. The van der Waals surface area contributed by atoms with Crippen molar-refractivity contribution in [3.8, 4) is 23.0 Å². The molecule has 3 aromatic carbocycles. The number of esters is 1. The predicted octanol–water partition coefficient (Wildman–Crippen LogP) is 4.64. The summed E-state index contributed by atoms with van der Waals surface area (Å²) in [5.74, 6) is -0.0555. The summed E-state index contributed by atoms with van der Waals surface area (Å²) in [7, 11) is 0. The van der Waals surface area contributed by atoms with Crippen LogP contribution >= 0.6 is 23.2 Å². The second-order valence-corrected chi connectivity index (χ2v) is 11.4. The van der Waals surface area contributed by atoms with Gasteiger partial charge in [-0.25, -0.2) is 4.79 Å². The van der Waals surface area contributed by atoms with Crippen molar-refractivity contribution in [1.82, 2.24) is 9.80 Å². The van der Waals surface area contributed by atoms with E-state index in [2.05, 4.69) is 9.80 Å². The Labute approximate surface area is 246 Å². The monoisotopic (exact) mass is 598 g/mol. The van der Waals surface area contributed by atoms with Gasteiger partial charge in [0.1, 0.15) is 23.0 Å². The molecule has 0 amide bonds. The first-order valence-electron chi connectivity index (χ1n) is 13.6. The number of fused-ring (bicyclic) bond motifs is 6. The minimum Gasteiger partial charge on any atom is -0.506 e. The van der Waals surface area contributed by atoms with Crippen molar-refractivity contribution in [2.24, 2.45) is 0 Å². The summed E-state index contributed by atoms with van der Waals surface area (Å²) in [4.78, 5) is 17.7. The molecule has 11 heteroatoms. The fourth-order valence-corrected chi connectivity index (χ4v) is 6.68. The molecule has 9 nitrogen and oxygen atoms in total. The Morgan fingerprint density at radius 2 is 1.24 bits per heavy atom. The number of carbonyl (C=O) groups is 1. The summed E-state index contributed by atoms with van der Waals surface area (Å²) < 4.78 is 24.0. The van der Waals surface area contributed by atoms with E-state index in [1.165, 1.54) is 0 Å². The van der Waals surface area contributed by atoms with Gasteiger partial charge in [-0.3, -0.25) is 9.80 Å². The van der Waals surface area contributed by atoms with Crippen molar-refractivity contribution < 1.29 is 34.0 Å². The Morgan fingerprint density at radius 1 is 0.756 bits per heavy atom. The molecule has 2 N–H and O–H groups in total. The van der Waals surface area contributed by atoms with E-state index in [-0.39, 0.29) is 21.5 Å². The molecule has 41 heavy (non-hydrogen) atoms. The molecule has 214 valence electrons. The van der Waals surface area contributed by atoms with Gasteiger partial charge in [0.25, 0.3) is 0 Å². The highest BCUT2D eigenvalue weighted by Gasteiger charge is 2.55. The van der Waals surface area contributed by atoms with Crippen LogP contribution in [0.1, 0.15) is 38.2 Å². The van der Waals surface area contributed by atoms with Crippen LogP contribution in [0, 0.1) is 0 Å². The smallest absolute Gasteiger partial charge is 0.340 e. The lowest BCUT2D eigenvalue weighted by atomic mass is 9.76. The van der Waals surface area contributed by atoms with Gasteiger partial charge in [0.05, 0.1) is 53.2 Å². The quantitative estimate of drug-likeness (QED) is 0.416. The summed E-state index contributed by atoms with van der Waals surface area (Å²) >= 11 is 13.3. The molecule has 0 saturated carbocycles. The van der Waals surface area contributed by atoms with Crippen LogP contribution in [0.3, 0.4) is 0 Å². The van der Waals surface area contributed by atoms with Crippen molar-refractivity contribution in [2.75, 3.05) is 52.6 Å². The van der Waals surface area contributed by atoms with Gasteiger partial charge in [0.15, 0.2) is 5.60 Å². The van der Waals surface area contributed by atoms with Crippen molar-refractivity contribution >= 4 is 29.2 Å². The fourth-order valence-electron chi connectivity index (χ4n) is 6.23. The highest BCUT2D eigenvalue weighted by Crippen LogP contribution is 2.61. The third-order valence-corrected chi connectivity index (χ3v) is 8.89. The largest absolute Gasteiger partial charge is 0.506 e. The molecule has 1 spiro atoms. The number of hydrogen-bond donors (Lipinski definition) is 2. The van der Waals surface area contributed by atoms with E-state index < -0.39 is 11.6 Å². The van der Waals surface area contributed by atoms with Crippen LogP contribution in [0.4, 0.5) is 0 Å². The highest BCUT2D eigenvalue weighted by molar-refractivity contribution is 6.32. The first-order valence-corrected chi connectivity index (χ1v) is 14.3. The first kappa shape index (κ1) is 26.8. The van der Waals surface area contributed by atoms with E-state index in [1.807, 2.05) is 12.1 Å². The number of carbonyl (C=O) groups excluding carboxylic acids is 1. The Balaban J connectivity index is 1.49. The maximum absolute atomic E-state index is 13.4. The lowest BCUT2D eigenvalue weighted by Gasteiger charge is -2.40. The zero-order valence-electron chi connectivity index (χ0n) is 22.1. The van der Waals surface area contributed by atoms with Crippen LogP contribution < -0.4 is 4.74 Å². The SMILES string of the molecule is O=C1OC2(c3ccccc31)c1cc(Cl)c(O)c(CN3CCOCC3)c1Oc1c2cc(Cl)c(O)c1CN1CCOCC1. The summed E-state index contributed by atoms with van der Waals surface area (Å²) in [6, 6.07) is 10.4. The molecule has 4 aliphatic rings. The molecule has 0 bridgehead atoms. The second kappa shape index (κ2) is 10.3. The molecule has 7 rings (SSSR count). The molecule has 4 aliphatic heterocycles. The minimum atomic E-state index is -1.47. The maximum Gasteiger partial charge on any atom is 0.340 e. The number of nitrogens with zero attached hydrogens (tertiary/aromatic N) is 2. The predicted molar refractivity (Wildman–Crippen MR) is 150 cm³/mol. The van der Waals surface area contributed by atoms with Crippen LogP contribution in [0.5, 0.6) is 23.0 Å². The number of phenols is 2. The highest BCUT2D eigenvalue weighted by atomic mass is 35.5. The topological polar surface area (TPSA) is 101 Å². The van der Waals surface area contributed by atoms with Crippen LogP contribution in [-0.4, -0.2) is 78.6 Å². The van der Waals surface area contributed by atoms with Gasteiger partial charge in [0.2, 0.25) is 0 Å². The van der Waals surface area contributed by atoms with E-state index in [9.17, 15) is 15.0 Å². The van der Waals surface area contributed by atoms with Gasteiger partial charge in [-0.1, -0.05) is 41.4 Å². The molecule has 0 atom stereocenters. The number of phenolic OH excluding ortho intramolecular Hbond substituents is 2. The molecule has 0 aromatic heterocycles. The van der Waals surface area contributed by atoms with Crippen LogP contribution in [0.15, 0.2) is 36.4 Å². The van der Waals surface area contributed by atoms with Crippen LogP contribution in [0.2, 0.25) is 10.0 Å². The molecule has 0 radical (unpaired) electrons. The number of rotatable bonds is 4. The molecule has 4 heterocycles. The number of ether oxygens (including phenoxy) is 4. The molecular weight excluding hydrogens is 571 g/mol. The second-order valence-electron chi connectivity index (χ2n) is 10.6. The Hall–Kier alpha value is -3.05. The van der Waals surface area contributed by atoms with Crippen molar-refractivity contribution in [2.45, 2.75) is 18.7 Å².